The normalized spacial score (nSPS) is 10.5. The largest absolute Gasteiger partial charge is 0.465 e. The van der Waals surface area contributed by atoms with Crippen LogP contribution in [0.25, 0.3) is 0 Å². The number of rotatable bonds is 2. The molecule has 0 bridgehead atoms. The van der Waals surface area contributed by atoms with Crippen molar-refractivity contribution in [3.63, 3.8) is 0 Å². The number of carbonyl (C=O) groups excluding carboxylic acids is 1. The first-order valence-corrected chi connectivity index (χ1v) is 5.83. The zero-order chi connectivity index (χ0) is 10.0. The topological polar surface area (TPSA) is 26.3 Å². The number of esters is 1. The Labute approximate surface area is 95.4 Å². The van der Waals surface area contributed by atoms with Gasteiger partial charge in [-0.3, -0.25) is 0 Å². The van der Waals surface area contributed by atoms with Crippen molar-refractivity contribution in [2.45, 2.75) is 19.8 Å². The van der Waals surface area contributed by atoms with Gasteiger partial charge in [0.25, 0.3) is 0 Å². The number of carbonyl (C=O) groups is 1. The first kappa shape index (κ1) is 11.0. The van der Waals surface area contributed by atoms with E-state index >= 15 is 0 Å². The highest BCUT2D eigenvalue weighted by Gasteiger charge is 2.15. The quantitative estimate of drug-likeness (QED) is 0.619. The molecule has 0 fully saturated rings. The second-order valence-electron chi connectivity index (χ2n) is 2.97. The van der Waals surface area contributed by atoms with Gasteiger partial charge in [-0.2, -0.15) is 0 Å². The van der Waals surface area contributed by atoms with Crippen molar-refractivity contribution in [2.24, 2.45) is 0 Å². The molecular formula is C9H11IO2S. The predicted octanol–water partition coefficient (Wildman–Crippen LogP) is 3.26. The number of hydrogen-bond acceptors (Lipinski definition) is 3. The van der Waals surface area contributed by atoms with Crippen LogP contribution in [0.1, 0.15) is 34.3 Å². The number of hydrogen-bond donors (Lipinski definition) is 0. The van der Waals surface area contributed by atoms with E-state index in [0.29, 0.717) is 10.8 Å². The van der Waals surface area contributed by atoms with Crippen LogP contribution in [-0.2, 0) is 4.74 Å². The summed E-state index contributed by atoms with van der Waals surface area (Å²) in [6, 6.07) is 2.04. The summed E-state index contributed by atoms with van der Waals surface area (Å²) in [6.07, 6.45) is 0. The second-order valence-corrected chi connectivity index (χ2v) is 5.22. The summed E-state index contributed by atoms with van der Waals surface area (Å²) in [4.78, 5) is 13.2. The van der Waals surface area contributed by atoms with Crippen molar-refractivity contribution < 1.29 is 9.53 Å². The van der Waals surface area contributed by atoms with Crippen LogP contribution in [0.4, 0.5) is 0 Å². The molecule has 0 amide bonds. The van der Waals surface area contributed by atoms with Crippen molar-refractivity contribution in [1.29, 1.82) is 0 Å². The van der Waals surface area contributed by atoms with Gasteiger partial charge in [-0.05, 0) is 34.6 Å². The maximum absolute atomic E-state index is 11.3. The fourth-order valence-electron chi connectivity index (χ4n) is 0.903. The van der Waals surface area contributed by atoms with E-state index in [2.05, 4.69) is 41.2 Å². The molecule has 2 nitrogen and oxygen atoms in total. The summed E-state index contributed by atoms with van der Waals surface area (Å²) in [6.45, 7) is 4.23. The van der Waals surface area contributed by atoms with Crippen LogP contribution >= 0.6 is 33.9 Å². The summed E-state index contributed by atoms with van der Waals surface area (Å²) < 4.78 is 5.66. The smallest absolute Gasteiger partial charge is 0.349 e. The molecule has 4 heteroatoms. The van der Waals surface area contributed by atoms with Gasteiger partial charge in [-0.25, -0.2) is 4.79 Å². The molecule has 0 aliphatic rings. The van der Waals surface area contributed by atoms with Crippen LogP contribution < -0.4 is 0 Å². The zero-order valence-corrected chi connectivity index (χ0v) is 10.7. The molecule has 0 saturated heterocycles. The van der Waals surface area contributed by atoms with Gasteiger partial charge >= 0.3 is 5.97 Å². The van der Waals surface area contributed by atoms with Crippen molar-refractivity contribution in [1.82, 2.24) is 0 Å². The Hall–Kier alpha value is -0.100. The van der Waals surface area contributed by atoms with Gasteiger partial charge in [0.15, 0.2) is 0 Å². The van der Waals surface area contributed by atoms with Crippen molar-refractivity contribution >= 4 is 39.9 Å². The molecule has 1 heterocycles. The molecule has 1 rings (SSSR count). The maximum Gasteiger partial charge on any atom is 0.349 e. The lowest BCUT2D eigenvalue weighted by atomic mass is 10.2. The van der Waals surface area contributed by atoms with Crippen LogP contribution in [0.3, 0.4) is 0 Å². The van der Waals surface area contributed by atoms with E-state index < -0.39 is 0 Å². The molecule has 0 saturated carbocycles. The molecule has 0 unspecified atom stereocenters. The Balaban J connectivity index is 3.03. The van der Waals surface area contributed by atoms with Crippen LogP contribution in [0.15, 0.2) is 6.07 Å². The average Bonchev–Trinajstić information content (AvgIpc) is 2.46. The lowest BCUT2D eigenvalue weighted by molar-refractivity contribution is 0.0605. The van der Waals surface area contributed by atoms with Gasteiger partial charge < -0.3 is 4.74 Å². The van der Waals surface area contributed by atoms with Gasteiger partial charge in [0.1, 0.15) is 4.88 Å². The first-order chi connectivity index (χ1) is 6.06. The van der Waals surface area contributed by atoms with Gasteiger partial charge in [-0.15, -0.1) is 11.3 Å². The third kappa shape index (κ3) is 2.43. The molecule has 0 N–H and O–H groups in total. The Bertz CT molecular complexity index is 317. The van der Waals surface area contributed by atoms with Crippen molar-refractivity contribution in [3.05, 3.63) is 19.4 Å². The highest BCUT2D eigenvalue weighted by molar-refractivity contribution is 14.1. The van der Waals surface area contributed by atoms with Gasteiger partial charge in [-0.1, -0.05) is 13.8 Å². The minimum Gasteiger partial charge on any atom is -0.465 e. The molecule has 0 radical (unpaired) electrons. The maximum atomic E-state index is 11.3. The molecule has 0 spiro atoms. The third-order valence-electron chi connectivity index (χ3n) is 1.65. The van der Waals surface area contributed by atoms with E-state index in [1.807, 2.05) is 6.07 Å². The summed E-state index contributed by atoms with van der Waals surface area (Å²) in [5, 5.41) is 0. The lowest BCUT2D eigenvalue weighted by Gasteiger charge is -1.97. The Morgan fingerprint density at radius 1 is 1.62 bits per heavy atom. The molecule has 0 aromatic carbocycles. The van der Waals surface area contributed by atoms with E-state index in [-0.39, 0.29) is 5.97 Å². The molecule has 72 valence electrons. The molecule has 1 aromatic heterocycles. The van der Waals surface area contributed by atoms with Crippen LogP contribution in [-0.4, -0.2) is 13.1 Å². The molecule has 0 atom stereocenters. The van der Waals surface area contributed by atoms with Gasteiger partial charge in [0.05, 0.1) is 7.11 Å². The molecular weight excluding hydrogens is 299 g/mol. The van der Waals surface area contributed by atoms with Gasteiger partial charge in [0.2, 0.25) is 0 Å². The standard InChI is InChI=1S/C9H11IO2S/c1-5(2)7-4-6(10)8(13-7)9(11)12-3/h4-5H,1-3H3. The molecule has 0 aliphatic heterocycles. The second kappa shape index (κ2) is 4.41. The highest BCUT2D eigenvalue weighted by Crippen LogP contribution is 2.29. The highest BCUT2D eigenvalue weighted by atomic mass is 127. The van der Waals surface area contributed by atoms with Gasteiger partial charge in [0, 0.05) is 8.45 Å². The lowest BCUT2D eigenvalue weighted by Crippen LogP contribution is -1.99. The average molecular weight is 310 g/mol. The van der Waals surface area contributed by atoms with Crippen molar-refractivity contribution in [3.8, 4) is 0 Å². The fraction of sp³-hybridized carbons (Fsp3) is 0.444. The number of halogens is 1. The summed E-state index contributed by atoms with van der Waals surface area (Å²) in [5.41, 5.74) is 0. The molecule has 13 heavy (non-hydrogen) atoms. The molecule has 1 aromatic rings. The summed E-state index contributed by atoms with van der Waals surface area (Å²) in [5.74, 6) is 0.234. The van der Waals surface area contributed by atoms with E-state index in [1.165, 1.54) is 23.3 Å². The summed E-state index contributed by atoms with van der Waals surface area (Å²) >= 11 is 3.68. The van der Waals surface area contributed by atoms with Crippen LogP contribution in [0, 0.1) is 3.57 Å². The van der Waals surface area contributed by atoms with E-state index in [4.69, 9.17) is 0 Å². The monoisotopic (exact) mass is 310 g/mol. The Kier molecular flexibility index (Phi) is 3.73. The Morgan fingerprint density at radius 2 is 2.23 bits per heavy atom. The van der Waals surface area contributed by atoms with E-state index in [0.717, 1.165) is 3.57 Å². The van der Waals surface area contributed by atoms with Crippen molar-refractivity contribution in [2.75, 3.05) is 7.11 Å². The summed E-state index contributed by atoms with van der Waals surface area (Å²) in [7, 11) is 1.41. The predicted molar refractivity (Wildman–Crippen MR) is 62.5 cm³/mol. The number of ether oxygens (including phenoxy) is 1. The fourth-order valence-corrected chi connectivity index (χ4v) is 2.97. The zero-order valence-electron chi connectivity index (χ0n) is 7.76. The number of thiophene rings is 1. The SMILES string of the molecule is COC(=O)c1sc(C(C)C)cc1I. The number of methoxy groups -OCH3 is 1. The van der Waals surface area contributed by atoms with Crippen LogP contribution in [0.2, 0.25) is 0 Å². The minimum atomic E-state index is -0.235. The third-order valence-corrected chi connectivity index (χ3v) is 4.28. The van der Waals surface area contributed by atoms with E-state index in [9.17, 15) is 4.79 Å². The first-order valence-electron chi connectivity index (χ1n) is 3.93. The molecule has 0 aliphatic carbocycles. The Morgan fingerprint density at radius 3 is 2.62 bits per heavy atom. The van der Waals surface area contributed by atoms with Crippen LogP contribution in [0.5, 0.6) is 0 Å². The minimum absolute atomic E-state index is 0.235. The van der Waals surface area contributed by atoms with E-state index in [1.54, 1.807) is 0 Å².